The molecule has 8 heteroatoms. The van der Waals surface area contributed by atoms with E-state index >= 15 is 0 Å². The number of carbonyl (C=O) groups excluding carboxylic acids is 2. The number of hydrogen-bond donors (Lipinski definition) is 1. The van der Waals surface area contributed by atoms with Crippen molar-refractivity contribution >= 4 is 22.6 Å². The van der Waals surface area contributed by atoms with Crippen LogP contribution >= 0.6 is 0 Å². The number of hydrogen-bond acceptors (Lipinski definition) is 5. The molecule has 2 amide bonds. The first-order chi connectivity index (χ1) is 14.4. The van der Waals surface area contributed by atoms with Crippen LogP contribution in [-0.2, 0) is 15.6 Å². The molecule has 0 radical (unpaired) electrons. The molecule has 2 aromatic carbocycles. The molecule has 0 saturated heterocycles. The number of nitrogens with zero attached hydrogens (tertiary/aromatic N) is 1. The van der Waals surface area contributed by atoms with E-state index in [2.05, 4.69) is 0 Å². The van der Waals surface area contributed by atoms with E-state index in [-0.39, 0.29) is 5.91 Å². The number of benzene rings is 2. The number of methoxy groups -OCH3 is 1. The van der Waals surface area contributed by atoms with Gasteiger partial charge in [0.2, 0.25) is 5.91 Å². The summed E-state index contributed by atoms with van der Waals surface area (Å²) >= 11 is 0. The lowest BCUT2D eigenvalue weighted by Crippen LogP contribution is -2.39. The maximum Gasteiger partial charge on any atom is 0.255 e. The van der Waals surface area contributed by atoms with Crippen LogP contribution in [0.4, 0.5) is 0 Å². The minimum Gasteiger partial charge on any atom is -0.493 e. The van der Waals surface area contributed by atoms with Gasteiger partial charge in [0.15, 0.2) is 11.5 Å². The first kappa shape index (κ1) is 21.8. The lowest BCUT2D eigenvalue weighted by molar-refractivity contribution is -0.123. The van der Waals surface area contributed by atoms with Crippen LogP contribution in [-0.4, -0.2) is 46.6 Å². The van der Waals surface area contributed by atoms with Gasteiger partial charge in [-0.05, 0) is 42.7 Å². The third-order valence-electron chi connectivity index (χ3n) is 5.15. The van der Waals surface area contributed by atoms with E-state index in [0.717, 1.165) is 5.56 Å². The standard InChI is InChI=1S/C22H26N2O5S/c1-4-29-19-13-14(9-10-18(19)28-2)17(11-12-30(3)27)24-20(21(23)25)15-7-5-6-8-16(15)22(24)26/h5-10,13,17,20H,4,11-12H2,1-3H3,(H2,23,25). The molecule has 160 valence electrons. The average Bonchev–Trinajstić information content (AvgIpc) is 3.01. The summed E-state index contributed by atoms with van der Waals surface area (Å²) in [7, 11) is 0.486. The molecule has 0 aliphatic carbocycles. The lowest BCUT2D eigenvalue weighted by Gasteiger charge is -2.33. The molecular weight excluding hydrogens is 404 g/mol. The van der Waals surface area contributed by atoms with Gasteiger partial charge in [-0.15, -0.1) is 0 Å². The largest absolute Gasteiger partial charge is 0.493 e. The Bertz CT molecular complexity index is 978. The van der Waals surface area contributed by atoms with Crippen LogP contribution in [0, 0.1) is 0 Å². The van der Waals surface area contributed by atoms with Crippen molar-refractivity contribution in [1.29, 1.82) is 0 Å². The zero-order valence-electron chi connectivity index (χ0n) is 17.3. The molecule has 2 aromatic rings. The summed E-state index contributed by atoms with van der Waals surface area (Å²) in [6, 6.07) is 11.0. The molecule has 0 aromatic heterocycles. The number of ether oxygens (including phenoxy) is 2. The van der Waals surface area contributed by atoms with Crippen LogP contribution < -0.4 is 15.2 Å². The summed E-state index contributed by atoms with van der Waals surface area (Å²) in [4.78, 5) is 27.2. The minimum absolute atomic E-state index is 0.268. The second-order valence-electron chi connectivity index (χ2n) is 7.03. The fourth-order valence-corrected chi connectivity index (χ4v) is 4.42. The van der Waals surface area contributed by atoms with Gasteiger partial charge in [-0.25, -0.2) is 0 Å². The van der Waals surface area contributed by atoms with Crippen LogP contribution in [0.2, 0.25) is 0 Å². The van der Waals surface area contributed by atoms with E-state index in [1.807, 2.05) is 13.0 Å². The number of nitrogens with two attached hydrogens (primary N) is 1. The predicted octanol–water partition coefficient (Wildman–Crippen LogP) is 2.59. The summed E-state index contributed by atoms with van der Waals surface area (Å²) in [5.41, 5.74) is 7.54. The van der Waals surface area contributed by atoms with Crippen LogP contribution in [0.3, 0.4) is 0 Å². The van der Waals surface area contributed by atoms with Crippen molar-refractivity contribution in [2.75, 3.05) is 25.7 Å². The molecular formula is C22H26N2O5S. The normalized spacial score (nSPS) is 17.4. The van der Waals surface area contributed by atoms with E-state index in [0.29, 0.717) is 41.4 Å². The molecule has 1 aliphatic heterocycles. The molecule has 1 aliphatic rings. The molecule has 2 N–H and O–H groups in total. The van der Waals surface area contributed by atoms with Gasteiger partial charge in [0, 0.05) is 28.4 Å². The number of fused-ring (bicyclic) bond motifs is 1. The first-order valence-corrected chi connectivity index (χ1v) is 11.4. The number of primary amides is 1. The van der Waals surface area contributed by atoms with Gasteiger partial charge in [-0.2, -0.15) is 0 Å². The fraction of sp³-hybridized carbons (Fsp3) is 0.364. The Hall–Kier alpha value is -2.87. The van der Waals surface area contributed by atoms with Crippen molar-refractivity contribution in [1.82, 2.24) is 4.90 Å². The van der Waals surface area contributed by atoms with Crippen LogP contribution in [0.15, 0.2) is 42.5 Å². The quantitative estimate of drug-likeness (QED) is 0.659. The van der Waals surface area contributed by atoms with Gasteiger partial charge in [0.05, 0.1) is 19.8 Å². The highest BCUT2D eigenvalue weighted by molar-refractivity contribution is 7.84. The highest BCUT2D eigenvalue weighted by Crippen LogP contribution is 2.42. The third-order valence-corrected chi connectivity index (χ3v) is 5.97. The predicted molar refractivity (Wildman–Crippen MR) is 115 cm³/mol. The van der Waals surface area contributed by atoms with E-state index in [9.17, 15) is 13.8 Å². The zero-order chi connectivity index (χ0) is 21.8. The Balaban J connectivity index is 2.10. The van der Waals surface area contributed by atoms with Crippen LogP contribution in [0.5, 0.6) is 11.5 Å². The second-order valence-corrected chi connectivity index (χ2v) is 8.58. The molecule has 7 nitrogen and oxygen atoms in total. The Morgan fingerprint density at radius 3 is 2.60 bits per heavy atom. The SMILES string of the molecule is CCOc1cc(C(CCS(C)=O)N2C(=O)c3ccccc3C2C(N)=O)ccc1OC. The molecule has 3 atom stereocenters. The Kier molecular flexibility index (Phi) is 6.77. The van der Waals surface area contributed by atoms with Crippen molar-refractivity contribution in [2.45, 2.75) is 25.4 Å². The molecule has 1 heterocycles. The smallest absolute Gasteiger partial charge is 0.255 e. The van der Waals surface area contributed by atoms with Gasteiger partial charge in [0.25, 0.3) is 5.91 Å². The molecule has 3 unspecified atom stereocenters. The zero-order valence-corrected chi connectivity index (χ0v) is 18.1. The summed E-state index contributed by atoms with van der Waals surface area (Å²) in [5, 5.41) is 0. The third kappa shape index (κ3) is 4.18. The molecule has 0 saturated carbocycles. The van der Waals surface area contributed by atoms with Crippen molar-refractivity contribution in [3.63, 3.8) is 0 Å². The highest BCUT2D eigenvalue weighted by Gasteiger charge is 2.44. The summed E-state index contributed by atoms with van der Waals surface area (Å²) in [6.07, 6.45) is 2.02. The topological polar surface area (TPSA) is 98.9 Å². The van der Waals surface area contributed by atoms with Gasteiger partial charge in [-0.1, -0.05) is 24.3 Å². The summed E-state index contributed by atoms with van der Waals surface area (Å²) < 4.78 is 22.9. The molecule has 0 spiro atoms. The van der Waals surface area contributed by atoms with Gasteiger partial charge >= 0.3 is 0 Å². The van der Waals surface area contributed by atoms with Crippen LogP contribution in [0.25, 0.3) is 0 Å². The maximum absolute atomic E-state index is 13.3. The number of amides is 2. The minimum atomic E-state index is -1.07. The van der Waals surface area contributed by atoms with Crippen molar-refractivity contribution in [3.8, 4) is 11.5 Å². The Labute approximate surface area is 178 Å². The summed E-state index contributed by atoms with van der Waals surface area (Å²) in [6.45, 7) is 2.31. The number of rotatable bonds is 9. The molecule has 0 bridgehead atoms. The molecule has 3 rings (SSSR count). The Morgan fingerprint density at radius 1 is 1.23 bits per heavy atom. The lowest BCUT2D eigenvalue weighted by atomic mass is 9.99. The van der Waals surface area contributed by atoms with Gasteiger partial charge in [-0.3, -0.25) is 13.8 Å². The van der Waals surface area contributed by atoms with E-state index in [1.165, 1.54) is 4.90 Å². The van der Waals surface area contributed by atoms with E-state index in [4.69, 9.17) is 15.2 Å². The monoisotopic (exact) mass is 430 g/mol. The van der Waals surface area contributed by atoms with Gasteiger partial charge < -0.3 is 20.1 Å². The Morgan fingerprint density at radius 2 is 1.97 bits per heavy atom. The summed E-state index contributed by atoms with van der Waals surface area (Å²) in [5.74, 6) is 0.608. The second kappa shape index (κ2) is 9.30. The van der Waals surface area contributed by atoms with E-state index in [1.54, 1.807) is 49.8 Å². The van der Waals surface area contributed by atoms with E-state index < -0.39 is 28.8 Å². The van der Waals surface area contributed by atoms with Gasteiger partial charge in [0.1, 0.15) is 6.04 Å². The van der Waals surface area contributed by atoms with Crippen molar-refractivity contribution < 1.29 is 23.3 Å². The first-order valence-electron chi connectivity index (χ1n) is 9.70. The fourth-order valence-electron chi connectivity index (χ4n) is 3.86. The molecule has 0 fully saturated rings. The average molecular weight is 431 g/mol. The van der Waals surface area contributed by atoms with Crippen LogP contribution in [0.1, 0.15) is 46.9 Å². The maximum atomic E-state index is 13.3. The highest BCUT2D eigenvalue weighted by atomic mass is 32.2. The molecule has 30 heavy (non-hydrogen) atoms. The number of carbonyl (C=O) groups is 2. The van der Waals surface area contributed by atoms with Crippen molar-refractivity contribution in [2.24, 2.45) is 5.73 Å². The van der Waals surface area contributed by atoms with Crippen molar-refractivity contribution in [3.05, 3.63) is 59.2 Å².